The highest BCUT2D eigenvalue weighted by Crippen LogP contribution is 2.32. The Labute approximate surface area is 187 Å². The zero-order valence-electron chi connectivity index (χ0n) is 17.9. The second-order valence-corrected chi connectivity index (χ2v) is 8.34. The molecule has 5 heteroatoms. The van der Waals surface area contributed by atoms with E-state index in [1.807, 2.05) is 66.4 Å². The number of rotatable bonds is 8. The predicted molar refractivity (Wildman–Crippen MR) is 128 cm³/mol. The van der Waals surface area contributed by atoms with Crippen LogP contribution < -0.4 is 9.64 Å². The Balaban J connectivity index is 1.64. The minimum Gasteiger partial charge on any atom is -0.494 e. The minimum absolute atomic E-state index is 0.0325. The molecule has 0 spiro atoms. The van der Waals surface area contributed by atoms with E-state index < -0.39 is 0 Å². The van der Waals surface area contributed by atoms with Gasteiger partial charge in [0.25, 0.3) is 0 Å². The molecular weight excluding hydrogens is 404 g/mol. The number of amides is 1. The van der Waals surface area contributed by atoms with Crippen molar-refractivity contribution in [2.24, 2.45) is 0 Å². The molecule has 158 valence electrons. The van der Waals surface area contributed by atoms with Gasteiger partial charge in [0.1, 0.15) is 5.75 Å². The molecule has 0 atom stereocenters. The van der Waals surface area contributed by atoms with Crippen LogP contribution in [0.15, 0.2) is 72.8 Å². The van der Waals surface area contributed by atoms with Crippen molar-refractivity contribution in [1.82, 2.24) is 4.98 Å². The fourth-order valence-electron chi connectivity index (χ4n) is 3.56. The van der Waals surface area contributed by atoms with Crippen LogP contribution in [0, 0.1) is 0 Å². The summed E-state index contributed by atoms with van der Waals surface area (Å²) >= 11 is 1.58. The number of carbonyl (C=O) groups excluding carboxylic acids is 1. The summed E-state index contributed by atoms with van der Waals surface area (Å²) in [6.45, 7) is 5.21. The highest BCUT2D eigenvalue weighted by atomic mass is 32.1. The van der Waals surface area contributed by atoms with E-state index in [0.717, 1.165) is 38.6 Å². The first kappa shape index (κ1) is 21.1. The van der Waals surface area contributed by atoms with Crippen LogP contribution in [0.2, 0.25) is 0 Å². The molecule has 0 aliphatic heterocycles. The number of thiazole rings is 1. The molecule has 0 fully saturated rings. The molecule has 0 saturated carbocycles. The van der Waals surface area contributed by atoms with Crippen LogP contribution in [-0.4, -0.2) is 17.5 Å². The van der Waals surface area contributed by atoms with E-state index in [1.165, 1.54) is 5.56 Å². The van der Waals surface area contributed by atoms with Gasteiger partial charge in [-0.25, -0.2) is 4.98 Å². The van der Waals surface area contributed by atoms with Gasteiger partial charge in [0, 0.05) is 0 Å². The van der Waals surface area contributed by atoms with Crippen molar-refractivity contribution >= 4 is 32.6 Å². The fraction of sp³-hybridized carbons (Fsp3) is 0.231. The molecule has 0 radical (unpaired) electrons. The number of hydrogen-bond acceptors (Lipinski definition) is 4. The third-order valence-corrected chi connectivity index (χ3v) is 6.22. The van der Waals surface area contributed by atoms with Gasteiger partial charge in [-0.3, -0.25) is 9.69 Å². The Bertz CT molecular complexity index is 1150. The van der Waals surface area contributed by atoms with Gasteiger partial charge in [0.2, 0.25) is 5.91 Å². The van der Waals surface area contributed by atoms with Crippen molar-refractivity contribution < 1.29 is 9.53 Å². The number of carbonyl (C=O) groups is 1. The number of hydrogen-bond donors (Lipinski definition) is 0. The maximum absolute atomic E-state index is 13.4. The first-order valence-corrected chi connectivity index (χ1v) is 11.4. The largest absolute Gasteiger partial charge is 0.494 e. The lowest BCUT2D eigenvalue weighted by molar-refractivity contribution is -0.118. The van der Waals surface area contributed by atoms with Gasteiger partial charge < -0.3 is 4.74 Å². The summed E-state index contributed by atoms with van der Waals surface area (Å²) in [5.74, 6) is 0.850. The predicted octanol–water partition coefficient (Wildman–Crippen LogP) is 6.03. The molecule has 0 aliphatic carbocycles. The Morgan fingerprint density at radius 1 is 0.935 bits per heavy atom. The van der Waals surface area contributed by atoms with E-state index in [4.69, 9.17) is 9.72 Å². The molecule has 0 bridgehead atoms. The summed E-state index contributed by atoms with van der Waals surface area (Å²) in [5.41, 5.74) is 4.25. The van der Waals surface area contributed by atoms with Gasteiger partial charge >= 0.3 is 0 Å². The number of aryl methyl sites for hydroxylation is 1. The average molecular weight is 431 g/mol. The molecule has 31 heavy (non-hydrogen) atoms. The number of nitrogens with zero attached hydrogens (tertiary/aromatic N) is 2. The minimum atomic E-state index is 0.0325. The summed E-state index contributed by atoms with van der Waals surface area (Å²) in [6.07, 6.45) is 1.23. The van der Waals surface area contributed by atoms with E-state index in [2.05, 4.69) is 25.1 Å². The lowest BCUT2D eigenvalue weighted by atomic mass is 10.1. The monoisotopic (exact) mass is 430 g/mol. The van der Waals surface area contributed by atoms with Crippen LogP contribution in [0.1, 0.15) is 30.5 Å². The van der Waals surface area contributed by atoms with Crippen molar-refractivity contribution in [1.29, 1.82) is 0 Å². The first-order chi connectivity index (χ1) is 15.2. The van der Waals surface area contributed by atoms with Gasteiger partial charge in [-0.2, -0.15) is 0 Å². The Morgan fingerprint density at radius 3 is 2.42 bits per heavy atom. The summed E-state index contributed by atoms with van der Waals surface area (Å²) in [4.78, 5) is 20.1. The summed E-state index contributed by atoms with van der Waals surface area (Å²) < 4.78 is 6.63. The SMILES string of the molecule is CCOc1ccc(CC(=O)N(Cc2ccccc2)c2nc3c(CC)cccc3s2)cc1. The standard InChI is InChI=1S/C26H26N2O2S/c1-3-21-11-8-12-23-25(21)27-26(31-23)28(18-20-9-6-5-7-10-20)24(29)17-19-13-15-22(16-14-19)30-4-2/h5-16H,3-4,17-18H2,1-2H3. The summed E-state index contributed by atoms with van der Waals surface area (Å²) in [6, 6.07) is 24.1. The molecule has 0 saturated heterocycles. The lowest BCUT2D eigenvalue weighted by Crippen LogP contribution is -2.31. The van der Waals surface area contributed by atoms with Crippen molar-refractivity contribution in [2.45, 2.75) is 33.2 Å². The van der Waals surface area contributed by atoms with Gasteiger partial charge in [-0.05, 0) is 48.2 Å². The topological polar surface area (TPSA) is 42.4 Å². The number of para-hydroxylation sites is 1. The van der Waals surface area contributed by atoms with E-state index in [1.54, 1.807) is 11.3 Å². The first-order valence-electron chi connectivity index (χ1n) is 10.6. The van der Waals surface area contributed by atoms with Crippen molar-refractivity contribution in [3.05, 3.63) is 89.5 Å². The second kappa shape index (κ2) is 9.75. The van der Waals surface area contributed by atoms with Crippen molar-refractivity contribution in [3.63, 3.8) is 0 Å². The molecule has 4 rings (SSSR count). The van der Waals surface area contributed by atoms with Crippen molar-refractivity contribution in [2.75, 3.05) is 11.5 Å². The molecule has 4 nitrogen and oxygen atoms in total. The van der Waals surface area contributed by atoms with Gasteiger partial charge in [0.15, 0.2) is 5.13 Å². The molecule has 1 heterocycles. The van der Waals surface area contributed by atoms with E-state index in [0.29, 0.717) is 19.6 Å². The summed E-state index contributed by atoms with van der Waals surface area (Å²) in [7, 11) is 0. The van der Waals surface area contributed by atoms with E-state index >= 15 is 0 Å². The highest BCUT2D eigenvalue weighted by molar-refractivity contribution is 7.22. The highest BCUT2D eigenvalue weighted by Gasteiger charge is 2.21. The fourth-order valence-corrected chi connectivity index (χ4v) is 4.59. The third kappa shape index (κ3) is 4.94. The zero-order valence-corrected chi connectivity index (χ0v) is 18.7. The Kier molecular flexibility index (Phi) is 6.63. The quantitative estimate of drug-likeness (QED) is 0.343. The summed E-state index contributed by atoms with van der Waals surface area (Å²) in [5, 5.41) is 0.746. The number of benzene rings is 3. The number of ether oxygens (including phenoxy) is 1. The number of aromatic nitrogens is 1. The molecule has 0 aliphatic rings. The van der Waals surface area contributed by atoms with Crippen LogP contribution in [0.3, 0.4) is 0 Å². The zero-order chi connectivity index (χ0) is 21.6. The van der Waals surface area contributed by atoms with Crippen molar-refractivity contribution in [3.8, 4) is 5.75 Å². The molecule has 0 N–H and O–H groups in total. The Morgan fingerprint density at radius 2 is 1.71 bits per heavy atom. The van der Waals surface area contributed by atoms with Crippen LogP contribution in [0.25, 0.3) is 10.2 Å². The second-order valence-electron chi connectivity index (χ2n) is 7.33. The van der Waals surface area contributed by atoms with Crippen LogP contribution in [0.5, 0.6) is 5.75 Å². The number of anilines is 1. The van der Waals surface area contributed by atoms with Gasteiger partial charge in [-0.1, -0.05) is 72.9 Å². The maximum Gasteiger partial charge on any atom is 0.233 e. The van der Waals surface area contributed by atoms with E-state index in [-0.39, 0.29) is 5.91 Å². The molecule has 1 aromatic heterocycles. The molecule has 1 amide bonds. The number of fused-ring (bicyclic) bond motifs is 1. The Hall–Kier alpha value is -3.18. The molecule has 3 aromatic carbocycles. The van der Waals surface area contributed by atoms with Crippen LogP contribution in [-0.2, 0) is 24.2 Å². The average Bonchev–Trinajstić information content (AvgIpc) is 3.23. The lowest BCUT2D eigenvalue weighted by Gasteiger charge is -2.20. The molecule has 4 aromatic rings. The molecular formula is C26H26N2O2S. The van der Waals surface area contributed by atoms with Crippen LogP contribution in [0.4, 0.5) is 5.13 Å². The van der Waals surface area contributed by atoms with Gasteiger partial charge in [0.05, 0.1) is 29.8 Å². The smallest absolute Gasteiger partial charge is 0.233 e. The molecule has 0 unspecified atom stereocenters. The normalized spacial score (nSPS) is 10.9. The maximum atomic E-state index is 13.4. The van der Waals surface area contributed by atoms with Crippen LogP contribution >= 0.6 is 11.3 Å². The van der Waals surface area contributed by atoms with Gasteiger partial charge in [-0.15, -0.1) is 0 Å². The third-order valence-electron chi connectivity index (χ3n) is 5.18. The van der Waals surface area contributed by atoms with E-state index in [9.17, 15) is 4.79 Å².